The van der Waals surface area contributed by atoms with Crippen LogP contribution in [0.5, 0.6) is 5.75 Å². The molecule has 8 heteroatoms. The van der Waals surface area contributed by atoms with Gasteiger partial charge in [-0.1, -0.05) is 24.3 Å². The minimum atomic E-state index is -4.69. The lowest BCUT2D eigenvalue weighted by molar-refractivity contribution is -0.136. The highest BCUT2D eigenvalue weighted by molar-refractivity contribution is 5.82. The first kappa shape index (κ1) is 20.0. The average Bonchev–Trinajstić information content (AvgIpc) is 2.71. The largest absolute Gasteiger partial charge is 0.484 e. The van der Waals surface area contributed by atoms with Gasteiger partial charge in [-0.3, -0.25) is 4.79 Å². The number of carbonyl (C=O) groups excluding carboxylic acids is 1. The van der Waals surface area contributed by atoms with E-state index in [1.165, 1.54) is 17.7 Å². The van der Waals surface area contributed by atoms with Crippen LogP contribution in [0.1, 0.15) is 35.6 Å². The van der Waals surface area contributed by atoms with Gasteiger partial charge in [-0.2, -0.15) is 13.2 Å². The van der Waals surface area contributed by atoms with Gasteiger partial charge in [0.1, 0.15) is 11.3 Å². The molecule has 0 fully saturated rings. The highest BCUT2D eigenvalue weighted by Gasteiger charge is 2.34. The van der Waals surface area contributed by atoms with Crippen LogP contribution in [0.4, 0.5) is 13.2 Å². The number of amides is 1. The van der Waals surface area contributed by atoms with Crippen LogP contribution in [0.2, 0.25) is 0 Å². The maximum Gasteiger partial charge on any atom is 0.417 e. The summed E-state index contributed by atoms with van der Waals surface area (Å²) >= 11 is 0. The molecule has 1 aromatic heterocycles. The number of aryl methyl sites for hydroxylation is 1. The third kappa shape index (κ3) is 4.17. The summed E-state index contributed by atoms with van der Waals surface area (Å²) < 4.78 is 49.6. The summed E-state index contributed by atoms with van der Waals surface area (Å²) in [6.07, 6.45) is -1.92. The van der Waals surface area contributed by atoms with Crippen molar-refractivity contribution in [3.63, 3.8) is 0 Å². The van der Waals surface area contributed by atoms with Gasteiger partial charge < -0.3 is 14.5 Å². The first-order chi connectivity index (χ1) is 14.3. The van der Waals surface area contributed by atoms with Crippen molar-refractivity contribution >= 4 is 16.9 Å². The predicted octanol–water partition coefficient (Wildman–Crippen LogP) is 4.38. The molecule has 1 heterocycles. The van der Waals surface area contributed by atoms with Crippen LogP contribution in [0, 0.1) is 0 Å². The number of ether oxygens (including phenoxy) is 1. The highest BCUT2D eigenvalue weighted by Crippen LogP contribution is 2.35. The van der Waals surface area contributed by atoms with Crippen LogP contribution >= 0.6 is 0 Å². The highest BCUT2D eigenvalue weighted by atomic mass is 19.4. The molecule has 1 N–H and O–H groups in total. The van der Waals surface area contributed by atoms with E-state index in [0.717, 1.165) is 30.9 Å². The minimum Gasteiger partial charge on any atom is -0.484 e. The van der Waals surface area contributed by atoms with Crippen LogP contribution < -0.4 is 15.7 Å². The van der Waals surface area contributed by atoms with Crippen LogP contribution in [0.25, 0.3) is 11.0 Å². The fourth-order valence-electron chi connectivity index (χ4n) is 3.76. The number of halogens is 3. The van der Waals surface area contributed by atoms with E-state index < -0.39 is 17.4 Å². The van der Waals surface area contributed by atoms with Crippen molar-refractivity contribution in [1.29, 1.82) is 0 Å². The van der Waals surface area contributed by atoms with Gasteiger partial charge in [0.15, 0.2) is 6.61 Å². The number of benzene rings is 2. The molecule has 1 aliphatic rings. The van der Waals surface area contributed by atoms with Crippen LogP contribution in [0.3, 0.4) is 0 Å². The molecule has 0 aliphatic heterocycles. The zero-order chi connectivity index (χ0) is 21.3. The van der Waals surface area contributed by atoms with Gasteiger partial charge in [0.25, 0.3) is 5.91 Å². The Labute approximate surface area is 169 Å². The van der Waals surface area contributed by atoms with Gasteiger partial charge in [-0.25, -0.2) is 4.79 Å². The third-order valence-corrected chi connectivity index (χ3v) is 5.10. The van der Waals surface area contributed by atoms with E-state index in [4.69, 9.17) is 9.15 Å². The maximum absolute atomic E-state index is 13.1. The maximum atomic E-state index is 13.1. The minimum absolute atomic E-state index is 0.102. The second-order valence-electron chi connectivity index (χ2n) is 7.13. The van der Waals surface area contributed by atoms with E-state index in [2.05, 4.69) is 5.32 Å². The molecule has 1 aliphatic carbocycles. The summed E-state index contributed by atoms with van der Waals surface area (Å²) in [5, 5.41) is 2.68. The number of nitrogens with one attached hydrogen (secondary N) is 1. The van der Waals surface area contributed by atoms with E-state index in [9.17, 15) is 22.8 Å². The van der Waals surface area contributed by atoms with Crippen LogP contribution in [-0.2, 0) is 17.4 Å². The van der Waals surface area contributed by atoms with E-state index in [0.29, 0.717) is 6.07 Å². The summed E-state index contributed by atoms with van der Waals surface area (Å²) in [6, 6.07) is 11.9. The van der Waals surface area contributed by atoms with Gasteiger partial charge >= 0.3 is 11.8 Å². The van der Waals surface area contributed by atoms with Gasteiger partial charge in [-0.05, 0) is 42.5 Å². The molecule has 30 heavy (non-hydrogen) atoms. The summed E-state index contributed by atoms with van der Waals surface area (Å²) in [5.41, 5.74) is -0.145. The normalized spacial score (nSPS) is 16.2. The van der Waals surface area contributed by atoms with E-state index >= 15 is 0 Å². The summed E-state index contributed by atoms with van der Waals surface area (Å²) in [6.45, 7) is -0.312. The number of rotatable bonds is 4. The van der Waals surface area contributed by atoms with E-state index in [1.54, 1.807) is 0 Å². The van der Waals surface area contributed by atoms with Gasteiger partial charge in [-0.15, -0.1) is 0 Å². The fourth-order valence-corrected chi connectivity index (χ4v) is 3.76. The van der Waals surface area contributed by atoms with Crippen molar-refractivity contribution in [3.05, 3.63) is 75.6 Å². The molecule has 2 aromatic carbocycles. The Morgan fingerprint density at radius 3 is 2.77 bits per heavy atom. The van der Waals surface area contributed by atoms with Crippen molar-refractivity contribution in [2.24, 2.45) is 0 Å². The van der Waals surface area contributed by atoms with Gasteiger partial charge in [0.2, 0.25) is 0 Å². The number of alkyl halides is 3. The van der Waals surface area contributed by atoms with Crippen molar-refractivity contribution in [2.75, 3.05) is 6.61 Å². The first-order valence-electron chi connectivity index (χ1n) is 9.46. The summed E-state index contributed by atoms with van der Waals surface area (Å²) in [5.74, 6) is -0.216. The summed E-state index contributed by atoms with van der Waals surface area (Å²) in [4.78, 5) is 23.8. The smallest absolute Gasteiger partial charge is 0.417 e. The molecule has 0 spiro atoms. The predicted molar refractivity (Wildman–Crippen MR) is 103 cm³/mol. The lowest BCUT2D eigenvalue weighted by Gasteiger charge is -2.26. The van der Waals surface area contributed by atoms with Gasteiger partial charge in [0.05, 0.1) is 11.6 Å². The number of carbonyl (C=O) groups is 1. The standard InChI is InChI=1S/C22H18F3NO4/c23-22(24,25)17-11-21(28)30-19-10-14(8-9-16(17)19)29-12-20(27)26-18-7-3-5-13-4-1-2-6-15(13)18/h1-2,4,6,8-11,18H,3,5,7,12H2,(H,26,27)/t18-/m0/s1. The SMILES string of the molecule is O=C(COc1ccc2c(C(F)(F)F)cc(=O)oc2c1)N[C@H]1CCCc2ccccc21. The van der Waals surface area contributed by atoms with Crippen molar-refractivity contribution in [1.82, 2.24) is 5.32 Å². The molecule has 1 amide bonds. The first-order valence-corrected chi connectivity index (χ1v) is 9.46. The Balaban J connectivity index is 1.46. The Morgan fingerprint density at radius 2 is 1.97 bits per heavy atom. The lowest BCUT2D eigenvalue weighted by atomic mass is 9.88. The third-order valence-electron chi connectivity index (χ3n) is 5.10. The zero-order valence-electron chi connectivity index (χ0n) is 15.8. The Kier molecular flexibility index (Phi) is 5.24. The summed E-state index contributed by atoms with van der Waals surface area (Å²) in [7, 11) is 0. The topological polar surface area (TPSA) is 68.5 Å². The van der Waals surface area contributed by atoms with Crippen molar-refractivity contribution < 1.29 is 27.1 Å². The van der Waals surface area contributed by atoms with Crippen LogP contribution in [0.15, 0.2) is 57.7 Å². The Hall–Kier alpha value is -3.29. The molecule has 0 unspecified atom stereocenters. The fraction of sp³-hybridized carbons (Fsp3) is 0.273. The zero-order valence-corrected chi connectivity index (χ0v) is 15.8. The molecular weight excluding hydrogens is 399 g/mol. The monoisotopic (exact) mass is 417 g/mol. The Morgan fingerprint density at radius 1 is 1.17 bits per heavy atom. The molecule has 0 radical (unpaired) electrons. The molecule has 1 atom stereocenters. The second kappa shape index (κ2) is 7.85. The molecule has 4 rings (SSSR count). The number of hydrogen-bond donors (Lipinski definition) is 1. The van der Waals surface area contributed by atoms with E-state index in [1.807, 2.05) is 24.3 Å². The number of hydrogen-bond acceptors (Lipinski definition) is 4. The molecular formula is C22H18F3NO4. The molecule has 5 nitrogen and oxygen atoms in total. The van der Waals surface area contributed by atoms with Crippen molar-refractivity contribution in [2.45, 2.75) is 31.5 Å². The van der Waals surface area contributed by atoms with Gasteiger partial charge in [0, 0.05) is 17.5 Å². The molecule has 0 bridgehead atoms. The Bertz CT molecular complexity index is 1150. The van der Waals surface area contributed by atoms with E-state index in [-0.39, 0.29) is 35.3 Å². The average molecular weight is 417 g/mol. The molecule has 3 aromatic rings. The molecule has 0 saturated carbocycles. The lowest BCUT2D eigenvalue weighted by Crippen LogP contribution is -2.34. The molecule has 156 valence electrons. The number of fused-ring (bicyclic) bond motifs is 2. The molecule has 0 saturated heterocycles. The second-order valence-corrected chi connectivity index (χ2v) is 7.13. The van der Waals surface area contributed by atoms with Crippen molar-refractivity contribution in [3.8, 4) is 5.75 Å². The van der Waals surface area contributed by atoms with Crippen LogP contribution in [-0.4, -0.2) is 12.5 Å². The quantitative estimate of drug-likeness (QED) is 0.640.